The lowest BCUT2D eigenvalue weighted by molar-refractivity contribution is 0.0373. The minimum atomic E-state index is -0.434. The Labute approximate surface area is 164 Å². The number of hydrogen-bond acceptors (Lipinski definition) is 3. The predicted octanol–water partition coefficient (Wildman–Crippen LogP) is 4.89. The van der Waals surface area contributed by atoms with Crippen molar-refractivity contribution in [2.24, 2.45) is 5.92 Å². The van der Waals surface area contributed by atoms with Crippen LogP contribution in [0.1, 0.15) is 50.3 Å². The van der Waals surface area contributed by atoms with E-state index in [9.17, 15) is 5.11 Å². The zero-order chi connectivity index (χ0) is 19.1. The number of hydrogen-bond donors (Lipinski definition) is 2. The minimum Gasteiger partial charge on any atom is -0.387 e. The van der Waals surface area contributed by atoms with Crippen LogP contribution in [0.4, 0.5) is 5.69 Å². The van der Waals surface area contributed by atoms with Crippen LogP contribution in [-0.2, 0) is 6.42 Å². The second-order valence-electron chi connectivity index (χ2n) is 7.90. The molecule has 146 valence electrons. The number of nitrogens with zero attached hydrogens (tertiary/aromatic N) is 1. The first kappa shape index (κ1) is 19.9. The maximum absolute atomic E-state index is 10.8. The lowest BCUT2D eigenvalue weighted by atomic mass is 9.89. The second-order valence-corrected chi connectivity index (χ2v) is 7.90. The summed E-state index contributed by atoms with van der Waals surface area (Å²) in [5, 5.41) is 14.2. The molecule has 0 radical (unpaired) electrons. The summed E-state index contributed by atoms with van der Waals surface area (Å²) in [7, 11) is 0. The Balaban J connectivity index is 1.50. The van der Waals surface area contributed by atoms with Crippen LogP contribution >= 0.6 is 0 Å². The van der Waals surface area contributed by atoms with Crippen LogP contribution in [-0.4, -0.2) is 35.7 Å². The van der Waals surface area contributed by atoms with Crippen LogP contribution in [0.5, 0.6) is 0 Å². The van der Waals surface area contributed by atoms with E-state index in [2.05, 4.69) is 78.7 Å². The topological polar surface area (TPSA) is 35.5 Å². The molecule has 1 saturated heterocycles. The maximum atomic E-state index is 10.8. The van der Waals surface area contributed by atoms with Crippen molar-refractivity contribution in [3.8, 4) is 0 Å². The molecular weight excluding hydrogens is 332 g/mol. The normalized spacial score (nSPS) is 18.2. The number of piperidine rings is 1. The van der Waals surface area contributed by atoms with Crippen LogP contribution in [0.25, 0.3) is 0 Å². The fourth-order valence-corrected chi connectivity index (χ4v) is 4.06. The molecule has 3 rings (SSSR count). The van der Waals surface area contributed by atoms with E-state index < -0.39 is 6.10 Å². The molecule has 0 aromatic heterocycles. The Morgan fingerprint density at radius 1 is 1.04 bits per heavy atom. The second kappa shape index (κ2) is 9.91. The van der Waals surface area contributed by atoms with E-state index in [0.717, 1.165) is 43.2 Å². The summed E-state index contributed by atoms with van der Waals surface area (Å²) >= 11 is 0. The van der Waals surface area contributed by atoms with Gasteiger partial charge in [-0.2, -0.15) is 0 Å². The molecule has 1 aliphatic heterocycles. The van der Waals surface area contributed by atoms with Crippen LogP contribution in [0.3, 0.4) is 0 Å². The molecule has 0 saturated carbocycles. The van der Waals surface area contributed by atoms with Crippen molar-refractivity contribution >= 4 is 5.69 Å². The minimum absolute atomic E-state index is 0.150. The van der Waals surface area contributed by atoms with E-state index in [0.29, 0.717) is 0 Å². The molecular formula is C24H34N2O. The van der Waals surface area contributed by atoms with Gasteiger partial charge in [-0.3, -0.25) is 4.90 Å². The number of anilines is 1. The fraction of sp³-hybridized carbons (Fsp3) is 0.500. The van der Waals surface area contributed by atoms with Gasteiger partial charge in [0.25, 0.3) is 0 Å². The summed E-state index contributed by atoms with van der Waals surface area (Å²) in [6.45, 7) is 7.45. The number of rotatable bonds is 8. The smallest absolute Gasteiger partial charge is 0.0942 e. The molecule has 3 nitrogen and oxygen atoms in total. The zero-order valence-electron chi connectivity index (χ0n) is 16.8. The van der Waals surface area contributed by atoms with Crippen molar-refractivity contribution in [3.63, 3.8) is 0 Å². The average molecular weight is 367 g/mol. The summed E-state index contributed by atoms with van der Waals surface area (Å²) in [6, 6.07) is 19.2. The molecule has 0 bridgehead atoms. The van der Waals surface area contributed by atoms with Crippen molar-refractivity contribution in [1.29, 1.82) is 0 Å². The molecule has 3 heteroatoms. The molecule has 0 aliphatic carbocycles. The quantitative estimate of drug-likeness (QED) is 0.698. The molecule has 0 spiro atoms. The van der Waals surface area contributed by atoms with Crippen molar-refractivity contribution < 1.29 is 5.11 Å². The molecule has 2 atom stereocenters. The average Bonchev–Trinajstić information content (AvgIpc) is 2.73. The van der Waals surface area contributed by atoms with Crippen molar-refractivity contribution in [2.45, 2.75) is 51.7 Å². The third kappa shape index (κ3) is 5.57. The fourth-order valence-electron chi connectivity index (χ4n) is 4.06. The van der Waals surface area contributed by atoms with Gasteiger partial charge in [-0.1, -0.05) is 49.4 Å². The monoisotopic (exact) mass is 366 g/mol. The third-order valence-electron chi connectivity index (χ3n) is 5.88. The van der Waals surface area contributed by atoms with E-state index in [1.54, 1.807) is 0 Å². The maximum Gasteiger partial charge on any atom is 0.0942 e. The first-order valence-corrected chi connectivity index (χ1v) is 10.5. The van der Waals surface area contributed by atoms with Crippen molar-refractivity contribution in [1.82, 2.24) is 4.90 Å². The SMILES string of the molecule is CCCNc1ccc([C@H](O)[C@@H](C)N2CCC(Cc3ccccc3)CC2)cc1. The molecule has 2 N–H and O–H groups in total. The lowest BCUT2D eigenvalue weighted by Crippen LogP contribution is -2.43. The molecule has 2 aromatic carbocycles. The van der Waals surface area contributed by atoms with E-state index in [1.807, 2.05) is 0 Å². The molecule has 27 heavy (non-hydrogen) atoms. The Morgan fingerprint density at radius 2 is 1.70 bits per heavy atom. The molecule has 1 fully saturated rings. The van der Waals surface area contributed by atoms with E-state index in [1.165, 1.54) is 24.8 Å². The van der Waals surface area contributed by atoms with Crippen molar-refractivity contribution in [2.75, 3.05) is 25.0 Å². The van der Waals surface area contributed by atoms with Gasteiger partial charge in [-0.15, -0.1) is 0 Å². The highest BCUT2D eigenvalue weighted by Gasteiger charge is 2.27. The zero-order valence-corrected chi connectivity index (χ0v) is 16.8. The van der Waals surface area contributed by atoms with E-state index >= 15 is 0 Å². The summed E-state index contributed by atoms with van der Waals surface area (Å²) in [4.78, 5) is 2.45. The number of aliphatic hydroxyl groups is 1. The summed E-state index contributed by atoms with van der Waals surface area (Å²) in [6.07, 6.45) is 4.29. The number of nitrogens with one attached hydrogen (secondary N) is 1. The Hall–Kier alpha value is -1.84. The Bertz CT molecular complexity index is 663. The van der Waals surface area contributed by atoms with Gasteiger partial charge in [-0.05, 0) is 74.9 Å². The van der Waals surface area contributed by atoms with Gasteiger partial charge < -0.3 is 10.4 Å². The highest BCUT2D eigenvalue weighted by Crippen LogP contribution is 2.28. The van der Waals surface area contributed by atoms with Gasteiger partial charge in [0, 0.05) is 18.3 Å². The Kier molecular flexibility index (Phi) is 7.31. The van der Waals surface area contributed by atoms with Crippen molar-refractivity contribution in [3.05, 3.63) is 65.7 Å². The Morgan fingerprint density at radius 3 is 2.33 bits per heavy atom. The summed E-state index contributed by atoms with van der Waals surface area (Å²) in [5.74, 6) is 0.761. The van der Waals surface area contributed by atoms with E-state index in [-0.39, 0.29) is 6.04 Å². The molecule has 1 heterocycles. The largest absolute Gasteiger partial charge is 0.387 e. The highest BCUT2D eigenvalue weighted by molar-refractivity contribution is 5.45. The molecule has 1 aliphatic rings. The van der Waals surface area contributed by atoms with Gasteiger partial charge in [0.2, 0.25) is 0 Å². The van der Waals surface area contributed by atoms with Crippen LogP contribution in [0.15, 0.2) is 54.6 Å². The number of aliphatic hydroxyl groups excluding tert-OH is 1. The van der Waals surface area contributed by atoms with Crippen LogP contribution in [0, 0.1) is 5.92 Å². The third-order valence-corrected chi connectivity index (χ3v) is 5.88. The number of benzene rings is 2. The van der Waals surface area contributed by atoms with E-state index in [4.69, 9.17) is 0 Å². The first-order valence-electron chi connectivity index (χ1n) is 10.5. The first-order chi connectivity index (χ1) is 13.2. The van der Waals surface area contributed by atoms with Crippen LogP contribution < -0.4 is 5.32 Å². The standard InChI is InChI=1S/C24H34N2O/c1-3-15-25-23-11-9-22(10-12-23)24(27)19(2)26-16-13-21(14-17-26)18-20-7-5-4-6-8-20/h4-12,19,21,24-25,27H,3,13-18H2,1-2H3/t19-,24-/m1/s1. The molecule has 0 amide bonds. The van der Waals surface area contributed by atoms with Gasteiger partial charge in [-0.25, -0.2) is 0 Å². The van der Waals surface area contributed by atoms with Gasteiger partial charge in [0.05, 0.1) is 6.10 Å². The molecule has 2 aromatic rings. The van der Waals surface area contributed by atoms with Gasteiger partial charge in [0.15, 0.2) is 0 Å². The summed E-state index contributed by atoms with van der Waals surface area (Å²) in [5.41, 5.74) is 3.58. The highest BCUT2D eigenvalue weighted by atomic mass is 16.3. The predicted molar refractivity (Wildman–Crippen MR) is 114 cm³/mol. The van der Waals surface area contributed by atoms with Gasteiger partial charge in [0.1, 0.15) is 0 Å². The number of likely N-dealkylation sites (tertiary alicyclic amines) is 1. The van der Waals surface area contributed by atoms with Crippen LogP contribution in [0.2, 0.25) is 0 Å². The molecule has 0 unspecified atom stereocenters. The lowest BCUT2D eigenvalue weighted by Gasteiger charge is -2.38. The summed E-state index contributed by atoms with van der Waals surface area (Å²) < 4.78 is 0. The van der Waals surface area contributed by atoms with Gasteiger partial charge >= 0.3 is 0 Å².